The fourth-order valence-corrected chi connectivity index (χ4v) is 4.90. The van der Waals surface area contributed by atoms with Crippen molar-refractivity contribution in [3.63, 3.8) is 0 Å². The molecule has 0 saturated heterocycles. The number of nitrogens with zero attached hydrogens (tertiary/aromatic N) is 3. The molecule has 130 valence electrons. The predicted octanol–water partition coefficient (Wildman–Crippen LogP) is 4.28. The van der Waals surface area contributed by atoms with E-state index in [9.17, 15) is 8.42 Å². The lowest BCUT2D eigenvalue weighted by atomic mass is 10.2. The van der Waals surface area contributed by atoms with Gasteiger partial charge in [-0.25, -0.2) is 18.4 Å². The van der Waals surface area contributed by atoms with Crippen LogP contribution in [0.2, 0.25) is 5.02 Å². The van der Waals surface area contributed by atoms with Crippen molar-refractivity contribution in [2.75, 3.05) is 0 Å². The van der Waals surface area contributed by atoms with Gasteiger partial charge in [0, 0.05) is 23.2 Å². The van der Waals surface area contributed by atoms with Crippen molar-refractivity contribution in [1.82, 2.24) is 15.0 Å². The first-order valence-corrected chi connectivity index (χ1v) is 9.76. The molecular formula is C19H14ClN3O2S. The van der Waals surface area contributed by atoms with Crippen molar-refractivity contribution < 1.29 is 8.42 Å². The molecule has 0 N–H and O–H groups in total. The minimum Gasteiger partial charge on any atom is -0.264 e. The molecule has 7 heteroatoms. The summed E-state index contributed by atoms with van der Waals surface area (Å²) in [7, 11) is -3.84. The van der Waals surface area contributed by atoms with E-state index in [0.717, 1.165) is 16.8 Å². The summed E-state index contributed by atoms with van der Waals surface area (Å²) in [4.78, 5) is 13.1. The molecule has 0 bridgehead atoms. The summed E-state index contributed by atoms with van der Waals surface area (Å²) >= 11 is 6.32. The number of fused-ring (bicyclic) bond motifs is 2. The molecule has 0 saturated carbocycles. The molecule has 26 heavy (non-hydrogen) atoms. The van der Waals surface area contributed by atoms with Gasteiger partial charge in [0.05, 0.1) is 37.2 Å². The number of hydrogen-bond acceptors (Lipinski definition) is 5. The van der Waals surface area contributed by atoms with Crippen LogP contribution in [-0.2, 0) is 9.84 Å². The molecule has 0 atom stereocenters. The van der Waals surface area contributed by atoms with Gasteiger partial charge >= 0.3 is 0 Å². The Morgan fingerprint density at radius 2 is 1.62 bits per heavy atom. The number of sulfone groups is 1. The highest BCUT2D eigenvalue weighted by atomic mass is 35.5. The highest BCUT2D eigenvalue weighted by Crippen LogP contribution is 2.33. The maximum atomic E-state index is 13.3. The average molecular weight is 384 g/mol. The second kappa shape index (κ2) is 6.00. The van der Waals surface area contributed by atoms with Crippen LogP contribution < -0.4 is 0 Å². The minimum atomic E-state index is -3.84. The maximum Gasteiger partial charge on any atom is 0.208 e. The Morgan fingerprint density at radius 1 is 0.923 bits per heavy atom. The maximum absolute atomic E-state index is 13.3. The standard InChI is InChI=1S/C19H14ClN3O2S/c1-11-12(2)23-17-9-19(15(20)8-16(17)22-11)26(24,25)18-5-3-4-13-10-21-7-6-14(13)18/h3-10H,1-2H3. The molecule has 0 aliphatic carbocycles. The highest BCUT2D eigenvalue weighted by Gasteiger charge is 2.24. The molecule has 0 aliphatic rings. The first kappa shape index (κ1) is 16.9. The van der Waals surface area contributed by atoms with E-state index in [0.29, 0.717) is 16.4 Å². The zero-order valence-electron chi connectivity index (χ0n) is 14.1. The quantitative estimate of drug-likeness (QED) is 0.516. The van der Waals surface area contributed by atoms with Gasteiger partial charge in [0.1, 0.15) is 0 Å². The zero-order valence-corrected chi connectivity index (χ0v) is 15.6. The van der Waals surface area contributed by atoms with Crippen molar-refractivity contribution in [2.45, 2.75) is 23.6 Å². The van der Waals surface area contributed by atoms with Gasteiger partial charge in [-0.2, -0.15) is 0 Å². The molecule has 2 heterocycles. The molecule has 0 spiro atoms. The highest BCUT2D eigenvalue weighted by molar-refractivity contribution is 7.91. The van der Waals surface area contributed by atoms with Crippen LogP contribution in [-0.4, -0.2) is 23.4 Å². The van der Waals surface area contributed by atoms with Gasteiger partial charge in [-0.15, -0.1) is 0 Å². The van der Waals surface area contributed by atoms with Gasteiger partial charge in [0.25, 0.3) is 0 Å². The van der Waals surface area contributed by atoms with E-state index in [4.69, 9.17) is 11.6 Å². The summed E-state index contributed by atoms with van der Waals surface area (Å²) in [5, 5.41) is 1.47. The van der Waals surface area contributed by atoms with Crippen LogP contribution in [0.15, 0.2) is 58.6 Å². The summed E-state index contributed by atoms with van der Waals surface area (Å²) in [5.41, 5.74) is 2.60. The lowest BCUT2D eigenvalue weighted by Crippen LogP contribution is -2.05. The molecule has 0 amide bonds. The average Bonchev–Trinajstić information content (AvgIpc) is 2.62. The molecule has 2 aromatic carbocycles. The molecule has 4 aromatic rings. The molecular weight excluding hydrogens is 370 g/mol. The van der Waals surface area contributed by atoms with Crippen LogP contribution >= 0.6 is 11.6 Å². The van der Waals surface area contributed by atoms with Crippen molar-refractivity contribution in [1.29, 1.82) is 0 Å². The van der Waals surface area contributed by atoms with Crippen molar-refractivity contribution >= 4 is 43.2 Å². The zero-order chi connectivity index (χ0) is 18.5. The number of hydrogen-bond donors (Lipinski definition) is 0. The van der Waals surface area contributed by atoms with E-state index >= 15 is 0 Å². The van der Waals surface area contributed by atoms with Crippen molar-refractivity contribution in [3.05, 3.63) is 65.2 Å². The van der Waals surface area contributed by atoms with Crippen LogP contribution in [0.25, 0.3) is 21.8 Å². The van der Waals surface area contributed by atoms with Gasteiger partial charge in [-0.1, -0.05) is 23.7 Å². The molecule has 0 radical (unpaired) electrons. The third-order valence-corrected chi connectivity index (χ3v) is 6.63. The largest absolute Gasteiger partial charge is 0.264 e. The van der Waals surface area contributed by atoms with Crippen LogP contribution in [0, 0.1) is 13.8 Å². The molecule has 0 unspecified atom stereocenters. The Hall–Kier alpha value is -2.57. The first-order chi connectivity index (χ1) is 12.4. The second-order valence-corrected chi connectivity index (χ2v) is 8.32. The lowest BCUT2D eigenvalue weighted by Gasteiger charge is -2.11. The predicted molar refractivity (Wildman–Crippen MR) is 101 cm³/mol. The van der Waals surface area contributed by atoms with Crippen LogP contribution in [0.3, 0.4) is 0 Å². The van der Waals surface area contributed by atoms with Gasteiger partial charge in [0.15, 0.2) is 0 Å². The Labute approximate surface area is 155 Å². The number of rotatable bonds is 2. The number of aromatic nitrogens is 3. The monoisotopic (exact) mass is 383 g/mol. The smallest absolute Gasteiger partial charge is 0.208 e. The molecule has 5 nitrogen and oxygen atoms in total. The summed E-state index contributed by atoms with van der Waals surface area (Å²) in [5.74, 6) is 0. The fourth-order valence-electron chi connectivity index (χ4n) is 2.89. The Bertz CT molecular complexity index is 1280. The van der Waals surface area contributed by atoms with Crippen molar-refractivity contribution in [2.24, 2.45) is 0 Å². The number of aryl methyl sites for hydroxylation is 2. The first-order valence-electron chi connectivity index (χ1n) is 7.90. The fraction of sp³-hybridized carbons (Fsp3) is 0.105. The second-order valence-electron chi connectivity index (χ2n) is 6.02. The van der Waals surface area contributed by atoms with Crippen LogP contribution in [0.1, 0.15) is 11.4 Å². The minimum absolute atomic E-state index is 0.0218. The molecule has 4 rings (SSSR count). The SMILES string of the molecule is Cc1nc2cc(Cl)c(S(=O)(=O)c3cccc4cnccc34)cc2nc1C. The molecule has 0 fully saturated rings. The topological polar surface area (TPSA) is 72.8 Å². The third kappa shape index (κ3) is 2.62. The van der Waals surface area contributed by atoms with E-state index in [1.807, 2.05) is 19.9 Å². The molecule has 0 aliphatic heterocycles. The van der Waals surface area contributed by atoms with Crippen LogP contribution in [0.4, 0.5) is 0 Å². The van der Waals surface area contributed by atoms with Gasteiger partial charge in [0.2, 0.25) is 9.84 Å². The summed E-state index contributed by atoms with van der Waals surface area (Å²) in [6.45, 7) is 3.69. The van der Waals surface area contributed by atoms with Crippen molar-refractivity contribution in [3.8, 4) is 0 Å². The lowest BCUT2D eigenvalue weighted by molar-refractivity contribution is 0.597. The Kier molecular flexibility index (Phi) is 3.89. The Balaban J connectivity index is 2.01. The molecule has 2 aromatic heterocycles. The van der Waals surface area contributed by atoms with E-state index in [1.54, 1.807) is 36.7 Å². The van der Waals surface area contributed by atoms with Crippen LogP contribution in [0.5, 0.6) is 0 Å². The van der Waals surface area contributed by atoms with E-state index in [-0.39, 0.29) is 14.8 Å². The number of pyridine rings is 1. The summed E-state index contributed by atoms with van der Waals surface area (Å²) in [6.07, 6.45) is 3.20. The van der Waals surface area contributed by atoms with Gasteiger partial charge < -0.3 is 0 Å². The number of halogens is 1. The van der Waals surface area contributed by atoms with E-state index < -0.39 is 9.84 Å². The van der Waals surface area contributed by atoms with Gasteiger partial charge in [-0.05, 0) is 38.1 Å². The summed E-state index contributed by atoms with van der Waals surface area (Å²) in [6, 6.07) is 9.82. The summed E-state index contributed by atoms with van der Waals surface area (Å²) < 4.78 is 26.6. The van der Waals surface area contributed by atoms with Gasteiger partial charge in [-0.3, -0.25) is 4.98 Å². The third-order valence-electron chi connectivity index (χ3n) is 4.35. The van der Waals surface area contributed by atoms with E-state index in [2.05, 4.69) is 15.0 Å². The van der Waals surface area contributed by atoms with E-state index in [1.165, 1.54) is 6.07 Å². The normalized spacial score (nSPS) is 12.0. The Morgan fingerprint density at radius 3 is 2.35 bits per heavy atom. The number of benzene rings is 2.